The molecule has 0 unspecified atom stereocenters. The molecule has 0 bridgehead atoms. The Morgan fingerprint density at radius 2 is 1.85 bits per heavy atom. The zero-order valence-corrected chi connectivity index (χ0v) is 22.6. The first-order chi connectivity index (χ1) is 19.9. The van der Waals surface area contributed by atoms with Crippen molar-refractivity contribution in [3.8, 4) is 17.3 Å². The largest absolute Gasteiger partial charge is 0.488 e. The maximum Gasteiger partial charge on any atom is 0.282 e. The molecule has 6 rings (SSSR count). The highest BCUT2D eigenvalue weighted by Gasteiger charge is 2.18. The van der Waals surface area contributed by atoms with Crippen LogP contribution in [0.25, 0.3) is 33.5 Å². The molecule has 0 atom stereocenters. The lowest BCUT2D eigenvalue weighted by Crippen LogP contribution is -2.20. The van der Waals surface area contributed by atoms with E-state index in [0.717, 1.165) is 14.5 Å². The lowest BCUT2D eigenvalue weighted by Gasteiger charge is -2.10. The molecule has 0 fully saturated rings. The number of aromatic nitrogens is 2. The van der Waals surface area contributed by atoms with Crippen LogP contribution >= 0.6 is 15.9 Å². The van der Waals surface area contributed by atoms with Crippen LogP contribution in [0.5, 0.6) is 5.75 Å². The molecule has 0 N–H and O–H groups in total. The van der Waals surface area contributed by atoms with Gasteiger partial charge in [-0.15, -0.1) is 0 Å². The Kier molecular flexibility index (Phi) is 6.86. The molecular formula is C30H18BrFN4O5. The van der Waals surface area contributed by atoms with Crippen molar-refractivity contribution >= 4 is 49.7 Å². The second-order valence-corrected chi connectivity index (χ2v) is 9.88. The summed E-state index contributed by atoms with van der Waals surface area (Å²) < 4.78 is 27.9. The Labute approximate surface area is 239 Å². The van der Waals surface area contributed by atoms with Gasteiger partial charge in [-0.25, -0.2) is 9.37 Å². The van der Waals surface area contributed by atoms with Crippen molar-refractivity contribution in [2.75, 3.05) is 0 Å². The van der Waals surface area contributed by atoms with Crippen molar-refractivity contribution in [1.29, 1.82) is 0 Å². The van der Waals surface area contributed by atoms with Crippen molar-refractivity contribution in [2.24, 2.45) is 5.10 Å². The zero-order chi connectivity index (χ0) is 28.5. The van der Waals surface area contributed by atoms with E-state index in [9.17, 15) is 19.3 Å². The summed E-state index contributed by atoms with van der Waals surface area (Å²) in [6.07, 6.45) is 1.27. The van der Waals surface area contributed by atoms with E-state index in [1.165, 1.54) is 30.5 Å². The molecule has 0 aliphatic heterocycles. The Hall–Kier alpha value is -5.16. The van der Waals surface area contributed by atoms with Gasteiger partial charge in [0.25, 0.3) is 11.2 Å². The van der Waals surface area contributed by atoms with Gasteiger partial charge in [0.2, 0.25) is 5.82 Å². The third-order valence-electron chi connectivity index (χ3n) is 6.31. The monoisotopic (exact) mass is 612 g/mol. The number of ether oxygens (including phenoxy) is 1. The topological polar surface area (TPSA) is 113 Å². The zero-order valence-electron chi connectivity index (χ0n) is 21.0. The maximum atomic E-state index is 14.2. The van der Waals surface area contributed by atoms with Crippen molar-refractivity contribution in [3.05, 3.63) is 133 Å². The fourth-order valence-corrected chi connectivity index (χ4v) is 4.67. The van der Waals surface area contributed by atoms with Gasteiger partial charge in [-0.2, -0.15) is 9.78 Å². The van der Waals surface area contributed by atoms with E-state index >= 15 is 0 Å². The summed E-state index contributed by atoms with van der Waals surface area (Å²) in [6.45, 7) is -0.122. The highest BCUT2D eigenvalue weighted by atomic mass is 79.9. The summed E-state index contributed by atoms with van der Waals surface area (Å²) >= 11 is 3.44. The predicted octanol–water partition coefficient (Wildman–Crippen LogP) is 7.08. The molecule has 9 nitrogen and oxygen atoms in total. The highest BCUT2D eigenvalue weighted by Crippen LogP contribution is 2.30. The van der Waals surface area contributed by atoms with Crippen LogP contribution in [0.4, 0.5) is 10.1 Å². The Morgan fingerprint density at radius 1 is 1.05 bits per heavy atom. The van der Waals surface area contributed by atoms with Crippen molar-refractivity contribution < 1.29 is 18.5 Å². The average molecular weight is 613 g/mol. The van der Waals surface area contributed by atoms with Gasteiger partial charge in [-0.1, -0.05) is 46.3 Å². The molecular weight excluding hydrogens is 595 g/mol. The number of fused-ring (bicyclic) bond motifs is 2. The fraction of sp³-hybridized carbons (Fsp3) is 0.0333. The highest BCUT2D eigenvalue weighted by molar-refractivity contribution is 9.10. The number of furan rings is 1. The van der Waals surface area contributed by atoms with Gasteiger partial charge in [0.1, 0.15) is 23.8 Å². The molecule has 2 aromatic heterocycles. The summed E-state index contributed by atoms with van der Waals surface area (Å²) in [5.41, 5.74) is 0.866. The van der Waals surface area contributed by atoms with Crippen LogP contribution in [-0.2, 0) is 6.61 Å². The van der Waals surface area contributed by atoms with Crippen LogP contribution < -0.4 is 10.3 Å². The second kappa shape index (κ2) is 10.8. The van der Waals surface area contributed by atoms with Crippen molar-refractivity contribution in [3.63, 3.8) is 0 Å². The molecule has 0 aliphatic rings. The molecule has 0 spiro atoms. The van der Waals surface area contributed by atoms with Crippen LogP contribution in [0.3, 0.4) is 0 Å². The number of rotatable bonds is 7. The van der Waals surface area contributed by atoms with Crippen LogP contribution in [0.2, 0.25) is 0 Å². The Balaban J connectivity index is 1.47. The molecule has 202 valence electrons. The summed E-state index contributed by atoms with van der Waals surface area (Å²) in [6, 6.07) is 24.1. The second-order valence-electron chi connectivity index (χ2n) is 8.97. The summed E-state index contributed by atoms with van der Waals surface area (Å²) in [4.78, 5) is 29.2. The quantitative estimate of drug-likeness (QED) is 0.108. The van der Waals surface area contributed by atoms with Gasteiger partial charge in [-0.05, 0) is 48.5 Å². The number of benzene rings is 4. The van der Waals surface area contributed by atoms with E-state index < -0.39 is 16.3 Å². The van der Waals surface area contributed by atoms with Crippen molar-refractivity contribution in [2.45, 2.75) is 6.61 Å². The normalized spacial score (nSPS) is 11.5. The summed E-state index contributed by atoms with van der Waals surface area (Å²) in [7, 11) is 0. The number of para-hydroxylation sites is 1. The molecule has 0 radical (unpaired) electrons. The minimum atomic E-state index is -0.556. The van der Waals surface area contributed by atoms with Crippen LogP contribution in [0, 0.1) is 15.9 Å². The molecule has 0 aliphatic carbocycles. The standard InChI is InChI=1S/C30H18BrFN4O5/c31-21-9-11-27-19(13-21)15-28(41-27)29-34-25-8-4-2-6-23(25)30(37)35(29)33-16-20-14-22(36(38)39)10-12-26(20)40-17-18-5-1-3-7-24(18)32/h1-16H,17H2. The van der Waals surface area contributed by atoms with E-state index in [4.69, 9.17) is 9.15 Å². The predicted molar refractivity (Wildman–Crippen MR) is 156 cm³/mol. The molecule has 0 amide bonds. The molecule has 41 heavy (non-hydrogen) atoms. The number of hydrogen-bond acceptors (Lipinski definition) is 7. The SMILES string of the molecule is O=c1c2ccccc2nc(-c2cc3cc(Br)ccc3o2)n1N=Cc1cc([N+](=O)[O-])ccc1OCc1ccccc1F. The molecule has 4 aromatic carbocycles. The van der Waals surface area contributed by atoms with E-state index in [1.54, 1.807) is 54.6 Å². The lowest BCUT2D eigenvalue weighted by atomic mass is 10.2. The third kappa shape index (κ3) is 5.22. The number of nitro benzene ring substituents is 1. The number of halogens is 2. The van der Waals surface area contributed by atoms with Crippen LogP contribution in [0.1, 0.15) is 11.1 Å². The number of nitrogens with zero attached hydrogens (tertiary/aromatic N) is 4. The lowest BCUT2D eigenvalue weighted by molar-refractivity contribution is -0.384. The minimum Gasteiger partial charge on any atom is -0.488 e. The molecule has 6 aromatic rings. The number of nitro groups is 1. The Bertz CT molecular complexity index is 2050. The van der Waals surface area contributed by atoms with E-state index in [2.05, 4.69) is 26.0 Å². The van der Waals surface area contributed by atoms with Gasteiger partial charge >= 0.3 is 0 Å². The fourth-order valence-electron chi connectivity index (χ4n) is 4.29. The minimum absolute atomic E-state index is 0.122. The smallest absolute Gasteiger partial charge is 0.282 e. The summed E-state index contributed by atoms with van der Waals surface area (Å²) in [5, 5.41) is 17.0. The average Bonchev–Trinajstić information content (AvgIpc) is 3.39. The first kappa shape index (κ1) is 26.1. The van der Waals surface area contributed by atoms with Crippen molar-refractivity contribution in [1.82, 2.24) is 9.66 Å². The van der Waals surface area contributed by atoms with Crippen LogP contribution in [-0.4, -0.2) is 20.8 Å². The molecule has 11 heteroatoms. The first-order valence-electron chi connectivity index (χ1n) is 12.3. The van der Waals surface area contributed by atoms with E-state index in [1.807, 2.05) is 12.1 Å². The van der Waals surface area contributed by atoms with Gasteiger partial charge in [-0.3, -0.25) is 14.9 Å². The molecule has 2 heterocycles. The van der Waals surface area contributed by atoms with Gasteiger partial charge < -0.3 is 9.15 Å². The van der Waals surface area contributed by atoms with Crippen LogP contribution in [0.15, 0.2) is 110 Å². The molecule has 0 saturated carbocycles. The van der Waals surface area contributed by atoms with E-state index in [0.29, 0.717) is 27.8 Å². The van der Waals surface area contributed by atoms with E-state index in [-0.39, 0.29) is 29.4 Å². The number of non-ortho nitro benzene ring substituents is 1. The van der Waals surface area contributed by atoms with Gasteiger partial charge in [0.15, 0.2) is 5.76 Å². The maximum absolute atomic E-state index is 14.2. The number of hydrogen-bond donors (Lipinski definition) is 0. The Morgan fingerprint density at radius 3 is 2.68 bits per heavy atom. The van der Waals surface area contributed by atoms with Gasteiger partial charge in [0.05, 0.1) is 22.0 Å². The third-order valence-corrected chi connectivity index (χ3v) is 6.80. The molecule has 0 saturated heterocycles. The first-order valence-corrected chi connectivity index (χ1v) is 13.1. The van der Waals surface area contributed by atoms with Gasteiger partial charge in [0, 0.05) is 33.1 Å². The summed E-state index contributed by atoms with van der Waals surface area (Å²) in [5.74, 6) is 0.199.